The fourth-order valence-electron chi connectivity index (χ4n) is 0.938. The van der Waals surface area contributed by atoms with E-state index < -0.39 is 16.8 Å². The zero-order valence-corrected chi connectivity index (χ0v) is 11.9. The van der Waals surface area contributed by atoms with Gasteiger partial charge in [0.2, 0.25) is 0 Å². The molecule has 77 valence electrons. The first-order valence-corrected chi connectivity index (χ1v) is 10.8. The zero-order valence-electron chi connectivity index (χ0n) is 6.41. The molecule has 2 aromatic rings. The molecule has 0 spiro atoms. The van der Waals surface area contributed by atoms with Crippen molar-refractivity contribution in [3.63, 3.8) is 0 Å². The van der Waals surface area contributed by atoms with Crippen LogP contribution in [0.3, 0.4) is 0 Å². The Morgan fingerprint density at radius 1 is 1.36 bits per heavy atom. The van der Waals surface area contributed by atoms with Gasteiger partial charge in [-0.15, -0.1) is 0 Å². The second kappa shape index (κ2) is 5.33. The Labute approximate surface area is 104 Å². The summed E-state index contributed by atoms with van der Waals surface area (Å²) in [6.45, 7) is 0. The Kier molecular flexibility index (Phi) is 4.68. The van der Waals surface area contributed by atoms with Crippen molar-refractivity contribution in [2.24, 2.45) is 0 Å². The fraction of sp³-hybridized carbons (Fsp3) is 0. The van der Waals surface area contributed by atoms with Crippen molar-refractivity contribution in [2.45, 2.75) is 0 Å². The normalized spacial score (nSPS) is 9.79. The predicted molar refractivity (Wildman–Crippen MR) is 54.0 cm³/mol. The molecule has 0 fully saturated rings. The molecule has 2 aromatic heterocycles. The molecule has 2 rings (SSSR count). The number of halogens is 4. The number of fused-ring (bicyclic) bond motifs is 1. The van der Waals surface area contributed by atoms with Crippen molar-refractivity contribution < 1.29 is 23.8 Å². The molecule has 0 radical (unpaired) electrons. The summed E-state index contributed by atoms with van der Waals surface area (Å²) in [6, 6.07) is 1.34. The van der Waals surface area contributed by atoms with Crippen LogP contribution in [-0.4, -0.2) is 4.98 Å². The summed E-state index contributed by atoms with van der Waals surface area (Å²) in [5.41, 5.74) is 0.124. The van der Waals surface area contributed by atoms with E-state index in [1.54, 1.807) is 0 Å². The van der Waals surface area contributed by atoms with Crippen LogP contribution < -0.4 is 4.98 Å². The van der Waals surface area contributed by atoms with E-state index in [1.165, 1.54) is 12.3 Å². The van der Waals surface area contributed by atoms with E-state index in [9.17, 15) is 8.78 Å². The van der Waals surface area contributed by atoms with Gasteiger partial charge in [0.1, 0.15) is 0 Å². The van der Waals surface area contributed by atoms with Crippen LogP contribution in [0.15, 0.2) is 12.3 Å². The summed E-state index contributed by atoms with van der Waals surface area (Å²) in [5.74, 6) is -2.13. The van der Waals surface area contributed by atoms with Crippen molar-refractivity contribution in [1.82, 2.24) is 9.97 Å². The molecular formula is C7H2ClF2IN2Os-. The molecule has 0 aliphatic carbocycles. The van der Waals surface area contributed by atoms with Crippen LogP contribution in [-0.2, 0) is 15.1 Å². The van der Waals surface area contributed by atoms with E-state index in [0.717, 1.165) is 0 Å². The molecular weight excluding hydrogens is 503 g/mol. The van der Waals surface area contributed by atoms with Crippen molar-refractivity contribution >= 4 is 42.3 Å². The summed E-state index contributed by atoms with van der Waals surface area (Å²) < 4.78 is 25.7. The molecule has 2 nitrogen and oxygen atoms in total. The zero-order chi connectivity index (χ0) is 10.7. The molecule has 14 heavy (non-hydrogen) atoms. The number of pyridine rings is 1. The van der Waals surface area contributed by atoms with E-state index in [0.29, 0.717) is 0 Å². The fourth-order valence-corrected chi connectivity index (χ4v) is 1.10. The minimum atomic E-state index is -1.13. The Morgan fingerprint density at radius 3 is 2.64 bits per heavy atom. The number of hydrogen-bond donors (Lipinski definition) is 0. The van der Waals surface area contributed by atoms with E-state index in [2.05, 4.69) is 29.6 Å². The molecule has 0 aliphatic heterocycles. The third-order valence-electron chi connectivity index (χ3n) is 1.49. The maximum atomic E-state index is 13.0. The van der Waals surface area contributed by atoms with Gasteiger partial charge < -0.3 is 9.97 Å². The van der Waals surface area contributed by atoms with Crippen LogP contribution in [0, 0.1) is 11.6 Å². The van der Waals surface area contributed by atoms with Crippen molar-refractivity contribution in [2.75, 3.05) is 0 Å². The first-order chi connectivity index (χ1) is 6.70. The van der Waals surface area contributed by atoms with Crippen LogP contribution >= 0.6 is 31.3 Å². The molecule has 0 aromatic carbocycles. The molecule has 0 bridgehead atoms. The summed E-state index contributed by atoms with van der Waals surface area (Å²) in [6.07, 6.45) is 1.34. The Morgan fingerprint density at radius 2 is 2.00 bits per heavy atom. The Hall–Kier alpha value is 0.206. The van der Waals surface area contributed by atoms with Gasteiger partial charge in [-0.1, -0.05) is 23.9 Å². The molecule has 0 N–H and O–H groups in total. The van der Waals surface area contributed by atoms with Gasteiger partial charge in [0, 0.05) is 5.39 Å². The molecule has 0 saturated carbocycles. The van der Waals surface area contributed by atoms with E-state index >= 15 is 0 Å². The number of rotatable bonds is 0. The van der Waals surface area contributed by atoms with Crippen molar-refractivity contribution in [1.29, 1.82) is 0 Å². The summed E-state index contributed by atoms with van der Waals surface area (Å²) in [5, 5.41) is -0.435. The van der Waals surface area contributed by atoms with Gasteiger partial charge in [-0.25, -0.2) is 8.78 Å². The van der Waals surface area contributed by atoms with Crippen molar-refractivity contribution in [3.05, 3.63) is 29.1 Å². The quantitative estimate of drug-likeness (QED) is 0.408. The molecule has 2 heterocycles. The van der Waals surface area contributed by atoms with Gasteiger partial charge in [0.05, 0.1) is 5.15 Å². The molecule has 0 saturated heterocycles. The summed E-state index contributed by atoms with van der Waals surface area (Å²) in [4.78, 5) is 7.21. The number of nitrogens with zero attached hydrogens (tertiary/aromatic N) is 2. The van der Waals surface area contributed by atoms with E-state index in [1.807, 2.05) is 15.1 Å². The Balaban J connectivity index is 0.000000461. The predicted octanol–water partition coefficient (Wildman–Crippen LogP) is 3.01. The monoisotopic (exact) mass is 506 g/mol. The van der Waals surface area contributed by atoms with Crippen LogP contribution in [0.25, 0.3) is 11.0 Å². The number of hydrogen-bond acceptors (Lipinski definition) is 1. The van der Waals surface area contributed by atoms with E-state index in [-0.39, 0.29) is 11.0 Å². The molecule has 0 atom stereocenters. The first kappa shape index (κ1) is 12.3. The molecule has 0 aliphatic rings. The van der Waals surface area contributed by atoms with Crippen LogP contribution in [0.1, 0.15) is 0 Å². The average Bonchev–Trinajstić information content (AvgIpc) is 2.65. The standard InChI is InChI=1S/C7H2ClF2N2.HI.Os/c8-6-5(10)4(9)3-1-2-11-7(3)12-6;;/h1-2H;1H;/q-1;;+1/p-1. The van der Waals surface area contributed by atoms with Gasteiger partial charge in [-0.05, 0) is 5.65 Å². The first-order valence-electron chi connectivity index (χ1n) is 3.25. The van der Waals surface area contributed by atoms with Crippen LogP contribution in [0.4, 0.5) is 8.78 Å². The molecule has 7 heteroatoms. The van der Waals surface area contributed by atoms with Gasteiger partial charge in [0.25, 0.3) is 0 Å². The summed E-state index contributed by atoms with van der Waals surface area (Å²) in [7, 11) is 0. The number of aromatic nitrogens is 2. The van der Waals surface area contributed by atoms with Crippen LogP contribution in [0.5, 0.6) is 0 Å². The maximum absolute atomic E-state index is 13.0. The molecule has 0 unspecified atom stereocenters. The molecule has 0 amide bonds. The topological polar surface area (TPSA) is 27.0 Å². The third kappa shape index (κ3) is 2.23. The van der Waals surface area contributed by atoms with Gasteiger partial charge in [-0.3, -0.25) is 0 Å². The second-order valence-corrected chi connectivity index (χ2v) is 2.57. The average molecular weight is 505 g/mol. The minimum absolute atomic E-state index is 0.0527. The second-order valence-electron chi connectivity index (χ2n) is 2.21. The Bertz CT molecular complexity index is 448. The van der Waals surface area contributed by atoms with Gasteiger partial charge in [-0.2, -0.15) is 0 Å². The van der Waals surface area contributed by atoms with Gasteiger partial charge in [0.15, 0.2) is 11.6 Å². The summed E-state index contributed by atoms with van der Waals surface area (Å²) >= 11 is 9.29. The van der Waals surface area contributed by atoms with Gasteiger partial charge >= 0.3 is 34.7 Å². The van der Waals surface area contributed by atoms with Crippen molar-refractivity contribution in [3.8, 4) is 0 Å². The van der Waals surface area contributed by atoms with E-state index in [4.69, 9.17) is 11.6 Å². The van der Waals surface area contributed by atoms with Crippen LogP contribution in [0.2, 0.25) is 5.15 Å². The SMILES string of the molecule is Fc1c(Cl)nc2[n-]ccc2c1F.[I][Os]. The third-order valence-corrected chi connectivity index (χ3v) is 1.74.